The molecule has 1 N–H and O–H groups in total. The Morgan fingerprint density at radius 2 is 1.73 bits per heavy atom. The van der Waals surface area contributed by atoms with Gasteiger partial charge in [-0.15, -0.1) is 0 Å². The Labute approximate surface area is 135 Å². The van der Waals surface area contributed by atoms with Crippen LogP contribution in [0.5, 0.6) is 0 Å². The second kappa shape index (κ2) is 7.15. The number of rotatable bonds is 8. The van der Waals surface area contributed by atoms with E-state index < -0.39 is 20.0 Å². The molecule has 0 aromatic heterocycles. The average molecular weight is 355 g/mol. The van der Waals surface area contributed by atoms with Crippen molar-refractivity contribution >= 4 is 20.0 Å². The van der Waals surface area contributed by atoms with E-state index in [2.05, 4.69) is 32.4 Å². The van der Waals surface area contributed by atoms with Crippen molar-refractivity contribution in [1.82, 2.24) is 9.03 Å². The maximum Gasteiger partial charge on any atom is 0.211 e. The Balaban J connectivity index is 2.29. The molecule has 1 unspecified atom stereocenters. The van der Waals surface area contributed by atoms with Crippen LogP contribution in [0.1, 0.15) is 40.5 Å². The number of hydrogen-bond acceptors (Lipinski definition) is 4. The third-order valence-electron chi connectivity index (χ3n) is 3.77. The molecule has 0 aromatic carbocycles. The molecule has 0 saturated carbocycles. The maximum atomic E-state index is 12.0. The van der Waals surface area contributed by atoms with Crippen LogP contribution in [0.25, 0.3) is 0 Å². The number of sulfonamides is 2. The smallest absolute Gasteiger partial charge is 0.211 e. The standard InChI is InChI=1S/C14H30N2O4S2/c1-12(8-14(2,3)4)6-7-15-22(19,20)11-13-9-16(10-13)21(5,17)18/h12-13,15H,6-11H2,1-5H3. The molecule has 0 amide bonds. The van der Waals surface area contributed by atoms with Crippen LogP contribution in [-0.4, -0.2) is 52.8 Å². The first-order valence-corrected chi connectivity index (χ1v) is 11.2. The Hall–Kier alpha value is -0.180. The molecule has 0 radical (unpaired) electrons. The van der Waals surface area contributed by atoms with Crippen LogP contribution in [0.3, 0.4) is 0 Å². The molecule has 132 valence electrons. The normalized spacial score (nSPS) is 19.9. The fourth-order valence-electron chi connectivity index (χ4n) is 2.88. The van der Waals surface area contributed by atoms with Gasteiger partial charge in [-0.25, -0.2) is 25.9 Å². The summed E-state index contributed by atoms with van der Waals surface area (Å²) in [6, 6.07) is 0. The highest BCUT2D eigenvalue weighted by atomic mass is 32.2. The van der Waals surface area contributed by atoms with Crippen molar-refractivity contribution in [2.45, 2.75) is 40.5 Å². The van der Waals surface area contributed by atoms with Crippen molar-refractivity contribution in [2.75, 3.05) is 31.6 Å². The van der Waals surface area contributed by atoms with Crippen LogP contribution >= 0.6 is 0 Å². The van der Waals surface area contributed by atoms with Gasteiger partial charge in [-0.1, -0.05) is 27.7 Å². The molecule has 1 fully saturated rings. The van der Waals surface area contributed by atoms with Crippen LogP contribution in [-0.2, 0) is 20.0 Å². The molecule has 0 spiro atoms. The van der Waals surface area contributed by atoms with Gasteiger partial charge in [0.25, 0.3) is 0 Å². The quantitative estimate of drug-likeness (QED) is 0.711. The Morgan fingerprint density at radius 3 is 2.18 bits per heavy atom. The first-order chi connectivity index (χ1) is 9.78. The highest BCUT2D eigenvalue weighted by Crippen LogP contribution is 2.25. The molecule has 0 bridgehead atoms. The molecule has 1 aliphatic rings. The summed E-state index contributed by atoms with van der Waals surface area (Å²) in [5.74, 6) is 0.374. The predicted octanol–water partition coefficient (Wildman–Crippen LogP) is 1.26. The molecule has 1 aliphatic heterocycles. The average Bonchev–Trinajstić information content (AvgIpc) is 2.18. The molecule has 0 aliphatic carbocycles. The van der Waals surface area contributed by atoms with Crippen LogP contribution in [0.4, 0.5) is 0 Å². The Kier molecular flexibility index (Phi) is 6.46. The van der Waals surface area contributed by atoms with E-state index in [1.807, 2.05) is 0 Å². The van der Waals surface area contributed by atoms with E-state index in [0.717, 1.165) is 19.1 Å². The Morgan fingerprint density at radius 1 is 1.18 bits per heavy atom. The molecule has 1 saturated heterocycles. The molecule has 22 heavy (non-hydrogen) atoms. The summed E-state index contributed by atoms with van der Waals surface area (Å²) in [5, 5.41) is 0. The molecule has 1 rings (SSSR count). The zero-order chi connectivity index (χ0) is 17.2. The van der Waals surface area contributed by atoms with Crippen LogP contribution in [0.2, 0.25) is 0 Å². The monoisotopic (exact) mass is 354 g/mol. The second-order valence-corrected chi connectivity index (χ2v) is 11.6. The molecule has 8 heteroatoms. The van der Waals surface area contributed by atoms with Crippen molar-refractivity contribution < 1.29 is 16.8 Å². The van der Waals surface area contributed by atoms with Gasteiger partial charge >= 0.3 is 0 Å². The van der Waals surface area contributed by atoms with Gasteiger partial charge in [0.15, 0.2) is 0 Å². The van der Waals surface area contributed by atoms with E-state index >= 15 is 0 Å². The maximum absolute atomic E-state index is 12.0. The highest BCUT2D eigenvalue weighted by molar-refractivity contribution is 7.89. The van der Waals surface area contributed by atoms with E-state index in [0.29, 0.717) is 25.6 Å². The summed E-state index contributed by atoms with van der Waals surface area (Å²) in [7, 11) is -6.50. The van der Waals surface area contributed by atoms with Gasteiger partial charge < -0.3 is 0 Å². The summed E-state index contributed by atoms with van der Waals surface area (Å²) in [6.45, 7) is 9.73. The molecule has 6 nitrogen and oxygen atoms in total. The summed E-state index contributed by atoms with van der Waals surface area (Å²) in [5.41, 5.74) is 0.249. The first kappa shape index (κ1) is 19.9. The lowest BCUT2D eigenvalue weighted by Crippen LogP contribution is -2.52. The minimum absolute atomic E-state index is 0.00662. The number of nitrogens with zero attached hydrogens (tertiary/aromatic N) is 1. The summed E-state index contributed by atoms with van der Waals surface area (Å²) < 4.78 is 50.4. The zero-order valence-electron chi connectivity index (χ0n) is 14.3. The van der Waals surface area contributed by atoms with E-state index in [4.69, 9.17) is 0 Å². The molecule has 1 heterocycles. The van der Waals surface area contributed by atoms with Gasteiger partial charge in [-0.3, -0.25) is 0 Å². The first-order valence-electron chi connectivity index (χ1n) is 7.71. The van der Waals surface area contributed by atoms with Crippen molar-refractivity contribution in [3.8, 4) is 0 Å². The largest absolute Gasteiger partial charge is 0.215 e. The van der Waals surface area contributed by atoms with Gasteiger partial charge in [0.1, 0.15) is 0 Å². The molecule has 1 atom stereocenters. The molecule has 0 aromatic rings. The minimum Gasteiger partial charge on any atom is -0.215 e. The topological polar surface area (TPSA) is 83.6 Å². The number of nitrogens with one attached hydrogen (secondary N) is 1. The predicted molar refractivity (Wildman–Crippen MR) is 89.5 cm³/mol. The van der Waals surface area contributed by atoms with E-state index in [9.17, 15) is 16.8 Å². The SMILES string of the molecule is CC(CCNS(=O)(=O)CC1CN(S(C)(=O)=O)C1)CC(C)(C)C. The lowest BCUT2D eigenvalue weighted by molar-refractivity contribution is 0.221. The van der Waals surface area contributed by atoms with E-state index in [-0.39, 0.29) is 17.1 Å². The van der Waals surface area contributed by atoms with Gasteiger partial charge in [-0.2, -0.15) is 0 Å². The number of hydrogen-bond donors (Lipinski definition) is 1. The van der Waals surface area contributed by atoms with Crippen molar-refractivity contribution in [2.24, 2.45) is 17.3 Å². The van der Waals surface area contributed by atoms with Gasteiger partial charge in [0.2, 0.25) is 20.0 Å². The van der Waals surface area contributed by atoms with Crippen molar-refractivity contribution in [3.05, 3.63) is 0 Å². The highest BCUT2D eigenvalue weighted by Gasteiger charge is 2.35. The van der Waals surface area contributed by atoms with E-state index in [1.54, 1.807) is 0 Å². The van der Waals surface area contributed by atoms with Gasteiger partial charge in [-0.05, 0) is 24.2 Å². The van der Waals surface area contributed by atoms with Gasteiger partial charge in [0.05, 0.1) is 12.0 Å². The molecular formula is C14H30N2O4S2. The fraction of sp³-hybridized carbons (Fsp3) is 1.00. The van der Waals surface area contributed by atoms with Crippen molar-refractivity contribution in [1.29, 1.82) is 0 Å². The van der Waals surface area contributed by atoms with Crippen molar-refractivity contribution in [3.63, 3.8) is 0 Å². The molecular weight excluding hydrogens is 324 g/mol. The van der Waals surface area contributed by atoms with Crippen LogP contribution in [0.15, 0.2) is 0 Å². The third-order valence-corrected chi connectivity index (χ3v) is 6.56. The third kappa shape index (κ3) is 7.39. The fourth-order valence-corrected chi connectivity index (χ4v) is 5.22. The summed E-state index contributed by atoms with van der Waals surface area (Å²) in [4.78, 5) is 0. The second-order valence-electron chi connectivity index (χ2n) is 7.78. The van der Waals surface area contributed by atoms with E-state index in [1.165, 1.54) is 4.31 Å². The lowest BCUT2D eigenvalue weighted by atomic mass is 9.84. The van der Waals surface area contributed by atoms with Crippen LogP contribution < -0.4 is 4.72 Å². The van der Waals surface area contributed by atoms with Gasteiger partial charge in [0, 0.05) is 25.6 Å². The zero-order valence-corrected chi connectivity index (χ0v) is 15.9. The Bertz CT molecular complexity index is 558. The summed E-state index contributed by atoms with van der Waals surface area (Å²) >= 11 is 0. The summed E-state index contributed by atoms with van der Waals surface area (Å²) in [6.07, 6.45) is 3.02. The lowest BCUT2D eigenvalue weighted by Gasteiger charge is -2.36. The minimum atomic E-state index is -3.32. The van der Waals surface area contributed by atoms with Crippen LogP contribution in [0, 0.1) is 17.3 Å².